The number of nitrogens with zero attached hydrogens (tertiary/aromatic N) is 4. The van der Waals surface area contributed by atoms with Crippen LogP contribution in [0.2, 0.25) is 0 Å². The number of benzene rings is 4. The molecule has 6 unspecified atom stereocenters. The molecule has 2 saturated heterocycles. The number of halogens is 27. The molecule has 0 spiro atoms. The molecule has 8 rings (SSSR count). The van der Waals surface area contributed by atoms with Gasteiger partial charge in [-0.1, -0.05) is 82.3 Å². The number of imide groups is 4. The Labute approximate surface area is 615 Å². The number of ether oxygens (including phenoxy) is 2. The second kappa shape index (κ2) is 30.9. The number of carbonyl (C=O) groups is 9. The van der Waals surface area contributed by atoms with Crippen LogP contribution < -0.4 is 4.74 Å². The largest absolute Gasteiger partial charge is 0.525 e. The van der Waals surface area contributed by atoms with Crippen LogP contribution >= 0.6 is 0 Å². The number of hydrogen-bond donors (Lipinski definition) is 0. The van der Waals surface area contributed by atoms with Crippen molar-refractivity contribution in [3.05, 3.63) is 136 Å². The number of carbonyl (C=O) groups excluding carboxylic acids is 9. The Balaban J connectivity index is 0.000000278. The topological polar surface area (TPSA) is 359 Å². The standard InChI is InChI=1S/C21H6F12N2O10S2.C20H15F12NO8S.C15H16F3NO5S/c22-18(23,24)17(19(25,26)27,7-1-3-9-11(5-7)15(38)34(13(9)36)44-46(40,41)20(28,29)30)8-2-4-10-12(6-8)16(39)35(14(10)37)45-47(42,43)21(31,32)33;1-3-11(12-8(2)13(34)33(14(12)35)41-42(37,38)20(30,31)32)9-4-6-10(7-5-9)39-15(36)40-16(17(21,22)23,18(24,25)26)19(27,28)29;1-3-11(10-7-5-4-6-8-10)12-9(2)13(20)19(14(12)21)24-25(22,23)15(16,17)18/h1-6H;4-8,11-12H,3H2,1-2H3;4-9,11-12H,3H2,1-2H3. The summed E-state index contributed by atoms with van der Waals surface area (Å²) in [5.41, 5.74) is -45.6. The van der Waals surface area contributed by atoms with E-state index in [1.165, 1.54) is 13.8 Å². The summed E-state index contributed by atoms with van der Waals surface area (Å²) >= 11 is 0. The van der Waals surface area contributed by atoms with Crippen LogP contribution in [0.25, 0.3) is 0 Å². The highest BCUT2D eigenvalue weighted by Crippen LogP contribution is 2.59. The van der Waals surface area contributed by atoms with Gasteiger partial charge in [0.25, 0.3) is 47.3 Å². The summed E-state index contributed by atoms with van der Waals surface area (Å²) in [5.74, 6) is -21.5. The highest BCUT2D eigenvalue weighted by Gasteiger charge is 2.88. The van der Waals surface area contributed by atoms with Crippen LogP contribution in [-0.2, 0) is 86.9 Å². The van der Waals surface area contributed by atoms with Crippen LogP contribution in [0, 0.1) is 23.7 Å². The van der Waals surface area contributed by atoms with Gasteiger partial charge in [-0.15, -0.1) is 37.4 Å². The molecule has 8 amide bonds. The van der Waals surface area contributed by atoms with Crippen molar-refractivity contribution < 1.29 is 222 Å². The lowest BCUT2D eigenvalue weighted by atomic mass is 9.71. The third-order valence-corrected chi connectivity index (χ3v) is 20.0. The summed E-state index contributed by atoms with van der Waals surface area (Å²) in [5, 5.41) is -3.08. The molecule has 4 aliphatic heterocycles. The van der Waals surface area contributed by atoms with E-state index in [4.69, 9.17) is 0 Å². The summed E-state index contributed by atoms with van der Waals surface area (Å²) < 4.78 is 467. The Morgan fingerprint density at radius 2 is 0.649 bits per heavy atom. The predicted octanol–water partition coefficient (Wildman–Crippen LogP) is 12.0. The third-order valence-electron chi connectivity index (χ3n) is 16.4. The molecule has 0 aromatic heterocycles. The molecule has 2 fully saturated rings. The molecular formula is C56H37F27N4O23S4. The molecule has 6 atom stereocenters. The molecule has 27 nitrogen and oxygen atoms in total. The Bertz CT molecular complexity index is 4790. The fraction of sp³-hybridized carbons (Fsp3) is 0.411. The van der Waals surface area contributed by atoms with Gasteiger partial charge in [0, 0.05) is 0 Å². The van der Waals surface area contributed by atoms with Crippen LogP contribution in [-0.4, -0.2) is 166 Å². The monoisotopic (exact) mass is 1770 g/mol. The minimum absolute atomic E-state index is 0.0213. The van der Waals surface area contributed by atoms with Crippen molar-refractivity contribution in [1.82, 2.24) is 20.3 Å². The van der Waals surface area contributed by atoms with Gasteiger partial charge in [-0.2, -0.15) is 152 Å². The number of alkyl halides is 27. The Kier molecular flexibility index (Phi) is 25.3. The lowest BCUT2D eigenvalue weighted by molar-refractivity contribution is -0.445. The van der Waals surface area contributed by atoms with Gasteiger partial charge < -0.3 is 9.47 Å². The number of fused-ring (bicyclic) bond motifs is 2. The third kappa shape index (κ3) is 17.1. The zero-order valence-electron chi connectivity index (χ0n) is 55.1. The van der Waals surface area contributed by atoms with Crippen molar-refractivity contribution in [2.45, 2.75) is 116 Å². The average Bonchev–Trinajstić information content (AvgIpc) is 1.55. The first-order valence-electron chi connectivity index (χ1n) is 29.5. The van der Waals surface area contributed by atoms with E-state index >= 15 is 0 Å². The summed E-state index contributed by atoms with van der Waals surface area (Å²) in [6.45, 7) is 5.55. The fourth-order valence-electron chi connectivity index (χ4n) is 11.1. The van der Waals surface area contributed by atoms with Crippen LogP contribution in [0.15, 0.2) is 91.0 Å². The van der Waals surface area contributed by atoms with Gasteiger partial charge in [0.15, 0.2) is 0 Å². The molecule has 58 heteroatoms. The molecule has 0 radical (unpaired) electrons. The Morgan fingerprint density at radius 1 is 0.368 bits per heavy atom. The lowest BCUT2D eigenvalue weighted by Gasteiger charge is -2.38. The first kappa shape index (κ1) is 93.3. The second-order valence-electron chi connectivity index (χ2n) is 23.2. The van der Waals surface area contributed by atoms with Gasteiger partial charge in [-0.3, -0.25) is 38.4 Å². The molecule has 0 N–H and O–H groups in total. The smallest absolute Gasteiger partial charge is 0.399 e. The number of rotatable bonds is 18. The van der Waals surface area contributed by atoms with Crippen LogP contribution in [0.3, 0.4) is 0 Å². The summed E-state index contributed by atoms with van der Waals surface area (Å²) in [6.07, 6.45) is -37.6. The van der Waals surface area contributed by atoms with Gasteiger partial charge in [0.2, 0.25) is 5.41 Å². The zero-order valence-corrected chi connectivity index (χ0v) is 58.3. The molecule has 0 saturated carbocycles. The van der Waals surface area contributed by atoms with Crippen LogP contribution in [0.1, 0.15) is 116 Å². The van der Waals surface area contributed by atoms with Crippen molar-refractivity contribution in [1.29, 1.82) is 0 Å². The first-order valence-corrected chi connectivity index (χ1v) is 35.1. The Morgan fingerprint density at radius 3 is 0.921 bits per heavy atom. The van der Waals surface area contributed by atoms with E-state index in [0.717, 1.165) is 24.6 Å². The minimum Gasteiger partial charge on any atom is -0.399 e. The van der Waals surface area contributed by atoms with Gasteiger partial charge in [0.1, 0.15) is 5.75 Å². The molecule has 0 aliphatic carbocycles. The Hall–Kier alpha value is -9.54. The van der Waals surface area contributed by atoms with Crippen molar-refractivity contribution >= 4 is 93.9 Å². The average molecular weight is 1780 g/mol. The number of amides is 8. The van der Waals surface area contributed by atoms with E-state index in [1.807, 2.05) is 0 Å². The molecule has 4 heterocycles. The second-order valence-corrected chi connectivity index (χ2v) is 29.3. The minimum atomic E-state index is -7.22. The maximum atomic E-state index is 14.7. The van der Waals surface area contributed by atoms with E-state index < -0.39 is 248 Å². The molecule has 4 aromatic carbocycles. The zero-order chi connectivity index (χ0) is 87.9. The summed E-state index contributed by atoms with van der Waals surface area (Å²) in [7, 11) is -26.1. The molecule has 4 aliphatic rings. The van der Waals surface area contributed by atoms with E-state index in [1.54, 1.807) is 37.3 Å². The van der Waals surface area contributed by atoms with E-state index in [-0.39, 0.29) is 53.4 Å². The SMILES string of the molecule is CCC(c1ccc(OC(=O)OC(C(F)(F)F)(C(F)(F)F)C(F)(F)F)cc1)C1C(=O)N(OS(=O)(=O)C(F)(F)F)C(=O)C1C.CCC(c1ccccc1)C1C(=O)N(OS(=O)(=O)C(F)(F)F)C(=O)C1C.O=C1c2ccc(C(c3ccc4c(c3)C(=O)N(OS(=O)(=O)C(F)(F)F)C4=O)(C(F)(F)F)C(F)(F)F)cc2C(=O)N1OS(=O)(=O)C(F)(F)F. The maximum Gasteiger partial charge on any atom is 0.525 e. The van der Waals surface area contributed by atoms with E-state index in [9.17, 15) is 195 Å². The highest BCUT2D eigenvalue weighted by atomic mass is 32.2. The van der Waals surface area contributed by atoms with Crippen LogP contribution in [0.4, 0.5) is 123 Å². The molecular weight excluding hydrogens is 1740 g/mol. The first-order chi connectivity index (χ1) is 51.2. The van der Waals surface area contributed by atoms with Crippen molar-refractivity contribution in [3.8, 4) is 5.75 Å². The van der Waals surface area contributed by atoms with Crippen molar-refractivity contribution in [2.75, 3.05) is 0 Å². The van der Waals surface area contributed by atoms with Crippen LogP contribution in [0.5, 0.6) is 5.75 Å². The molecule has 4 aromatic rings. The number of hydroxylamine groups is 8. The van der Waals surface area contributed by atoms with E-state index in [2.05, 4.69) is 26.6 Å². The molecule has 114 heavy (non-hydrogen) atoms. The highest BCUT2D eigenvalue weighted by molar-refractivity contribution is 7.88. The molecule has 632 valence electrons. The van der Waals surface area contributed by atoms with Gasteiger partial charge in [-0.05, 0) is 83.3 Å². The lowest BCUT2D eigenvalue weighted by Crippen LogP contribution is -2.68. The normalized spacial score (nSPS) is 19.4. The summed E-state index contributed by atoms with van der Waals surface area (Å²) in [4.78, 5) is 111. The van der Waals surface area contributed by atoms with E-state index in [0.29, 0.717) is 18.6 Å². The van der Waals surface area contributed by atoms with Gasteiger partial charge >= 0.3 is 105 Å². The summed E-state index contributed by atoms with van der Waals surface area (Å²) in [6, 6.07) is 11.0. The van der Waals surface area contributed by atoms with Gasteiger partial charge in [-0.25, -0.2) is 4.79 Å². The maximum absolute atomic E-state index is 14.7. The van der Waals surface area contributed by atoms with Crippen molar-refractivity contribution in [2.24, 2.45) is 23.7 Å². The predicted molar refractivity (Wildman–Crippen MR) is 307 cm³/mol. The molecule has 0 bridgehead atoms. The van der Waals surface area contributed by atoms with Gasteiger partial charge in [0.05, 0.1) is 45.9 Å². The van der Waals surface area contributed by atoms with Crippen molar-refractivity contribution in [3.63, 3.8) is 0 Å². The number of hydrogen-bond acceptors (Lipinski definition) is 23. The fourth-order valence-corrected chi connectivity index (χ4v) is 12.8. The quantitative estimate of drug-likeness (QED) is 0.0293.